The number of amides is 1. The van der Waals surface area contributed by atoms with Gasteiger partial charge in [0.15, 0.2) is 5.13 Å². The summed E-state index contributed by atoms with van der Waals surface area (Å²) in [6, 6.07) is 10.8. The van der Waals surface area contributed by atoms with Crippen LogP contribution in [0.5, 0.6) is 5.75 Å². The molecule has 0 spiro atoms. The number of benzene rings is 1. The fraction of sp³-hybridized carbons (Fsp3) is 0.0588. The average molecular weight is 405 g/mol. The fourth-order valence-electron chi connectivity index (χ4n) is 2.06. The number of anilines is 1. The fourth-order valence-corrected chi connectivity index (χ4v) is 3.16. The summed E-state index contributed by atoms with van der Waals surface area (Å²) in [7, 11) is 1.59. The quantitative estimate of drug-likeness (QED) is 0.626. The Morgan fingerprint density at radius 3 is 2.92 bits per heavy atom. The molecule has 0 radical (unpaired) electrons. The molecule has 0 unspecified atom stereocenters. The summed E-state index contributed by atoms with van der Waals surface area (Å²) in [6.45, 7) is 0. The minimum Gasteiger partial charge on any atom is -0.497 e. The van der Waals surface area contributed by atoms with Crippen LogP contribution < -0.4 is 10.1 Å². The third-order valence-electron chi connectivity index (χ3n) is 3.15. The Hall–Kier alpha value is -2.38. The van der Waals surface area contributed by atoms with Gasteiger partial charge in [0.1, 0.15) is 11.5 Å². The Morgan fingerprint density at radius 1 is 1.38 bits per heavy atom. The first-order valence-corrected chi connectivity index (χ1v) is 8.59. The van der Waals surface area contributed by atoms with Gasteiger partial charge in [-0.05, 0) is 51.8 Å². The molecule has 0 saturated carbocycles. The Labute approximate surface area is 151 Å². The van der Waals surface area contributed by atoms with Gasteiger partial charge in [-0.25, -0.2) is 4.98 Å². The predicted molar refractivity (Wildman–Crippen MR) is 98.0 cm³/mol. The molecule has 0 saturated heterocycles. The van der Waals surface area contributed by atoms with E-state index in [9.17, 15) is 4.79 Å². The van der Waals surface area contributed by atoms with Gasteiger partial charge in [0.2, 0.25) is 0 Å². The summed E-state index contributed by atoms with van der Waals surface area (Å²) < 4.78 is 11.4. The normalized spacial score (nSPS) is 11.3. The molecule has 0 aliphatic heterocycles. The van der Waals surface area contributed by atoms with E-state index in [1.807, 2.05) is 18.2 Å². The standard InChI is InChI=1S/C17H13BrN2O3S/c1-22-12-5-2-4-11(8-12)14(9-13-6-3-7-23-13)16(21)20-17-19-10-15(18)24-17/h2-10H,1H3,(H,19,20,21). The van der Waals surface area contributed by atoms with E-state index in [4.69, 9.17) is 9.15 Å². The Kier molecular flexibility index (Phi) is 5.12. The SMILES string of the molecule is COc1cccc(C(=Cc2ccco2)C(=O)Nc2ncc(Br)s2)c1. The van der Waals surface area contributed by atoms with E-state index in [0.29, 0.717) is 22.2 Å². The van der Waals surface area contributed by atoms with E-state index in [0.717, 1.165) is 9.35 Å². The zero-order valence-corrected chi connectivity index (χ0v) is 15.1. The summed E-state index contributed by atoms with van der Waals surface area (Å²) in [6.07, 6.45) is 4.89. The molecule has 2 heterocycles. The molecule has 1 N–H and O–H groups in total. The number of hydrogen-bond acceptors (Lipinski definition) is 5. The highest BCUT2D eigenvalue weighted by molar-refractivity contribution is 9.11. The monoisotopic (exact) mass is 404 g/mol. The van der Waals surface area contributed by atoms with Crippen LogP contribution in [0.25, 0.3) is 11.6 Å². The molecule has 2 aromatic heterocycles. The van der Waals surface area contributed by atoms with Gasteiger partial charge in [0.25, 0.3) is 5.91 Å². The van der Waals surface area contributed by atoms with Crippen molar-refractivity contribution in [2.45, 2.75) is 0 Å². The van der Waals surface area contributed by atoms with Gasteiger partial charge in [-0.1, -0.05) is 23.5 Å². The zero-order chi connectivity index (χ0) is 16.9. The first-order valence-electron chi connectivity index (χ1n) is 6.98. The summed E-state index contributed by atoms with van der Waals surface area (Å²) in [4.78, 5) is 16.9. The van der Waals surface area contributed by atoms with Crippen molar-refractivity contribution < 1.29 is 13.9 Å². The van der Waals surface area contributed by atoms with Crippen LogP contribution in [0.1, 0.15) is 11.3 Å². The minimum atomic E-state index is -0.276. The number of hydrogen-bond donors (Lipinski definition) is 1. The van der Waals surface area contributed by atoms with Crippen molar-refractivity contribution in [2.24, 2.45) is 0 Å². The van der Waals surface area contributed by atoms with Gasteiger partial charge in [0.05, 0.1) is 28.9 Å². The van der Waals surface area contributed by atoms with Crippen molar-refractivity contribution in [3.8, 4) is 5.75 Å². The largest absolute Gasteiger partial charge is 0.497 e. The maximum absolute atomic E-state index is 12.7. The van der Waals surface area contributed by atoms with Crippen LogP contribution in [0.15, 0.2) is 57.1 Å². The number of thiazole rings is 1. The van der Waals surface area contributed by atoms with Crippen molar-refractivity contribution >= 4 is 50.0 Å². The smallest absolute Gasteiger partial charge is 0.258 e. The van der Waals surface area contributed by atoms with Crippen LogP contribution in [0.3, 0.4) is 0 Å². The van der Waals surface area contributed by atoms with Crippen LogP contribution in [-0.2, 0) is 4.79 Å². The number of carbonyl (C=O) groups is 1. The lowest BCUT2D eigenvalue weighted by atomic mass is 10.0. The first kappa shape index (κ1) is 16.5. The number of aromatic nitrogens is 1. The second-order valence-electron chi connectivity index (χ2n) is 4.73. The predicted octanol–water partition coefficient (Wildman–Crippen LogP) is 4.69. The van der Waals surface area contributed by atoms with Crippen LogP contribution in [0.2, 0.25) is 0 Å². The molecule has 0 aliphatic carbocycles. The van der Waals surface area contributed by atoms with Crippen LogP contribution >= 0.6 is 27.3 Å². The van der Waals surface area contributed by atoms with E-state index < -0.39 is 0 Å². The molecule has 7 heteroatoms. The molecule has 0 bridgehead atoms. The lowest BCUT2D eigenvalue weighted by Gasteiger charge is -2.09. The van der Waals surface area contributed by atoms with Crippen molar-refractivity contribution in [1.29, 1.82) is 0 Å². The molecule has 1 aromatic carbocycles. The molecule has 0 fully saturated rings. The number of carbonyl (C=O) groups excluding carboxylic acids is 1. The van der Waals surface area contributed by atoms with Gasteiger partial charge < -0.3 is 9.15 Å². The van der Waals surface area contributed by atoms with Crippen molar-refractivity contribution in [2.75, 3.05) is 12.4 Å². The lowest BCUT2D eigenvalue weighted by molar-refractivity contribution is -0.111. The molecule has 1 amide bonds. The summed E-state index contributed by atoms with van der Waals surface area (Å²) in [5, 5.41) is 3.31. The Morgan fingerprint density at radius 2 is 2.25 bits per heavy atom. The van der Waals surface area contributed by atoms with Gasteiger partial charge in [-0.3, -0.25) is 10.1 Å². The lowest BCUT2D eigenvalue weighted by Crippen LogP contribution is -2.13. The average Bonchev–Trinajstić information content (AvgIpc) is 3.24. The summed E-state index contributed by atoms with van der Waals surface area (Å²) >= 11 is 4.67. The maximum atomic E-state index is 12.7. The summed E-state index contributed by atoms with van der Waals surface area (Å²) in [5.41, 5.74) is 1.18. The molecular weight excluding hydrogens is 392 g/mol. The van der Waals surface area contributed by atoms with Crippen LogP contribution in [0, 0.1) is 0 Å². The molecule has 122 valence electrons. The number of halogens is 1. The van der Waals surface area contributed by atoms with Crippen molar-refractivity contribution in [1.82, 2.24) is 4.98 Å². The van der Waals surface area contributed by atoms with E-state index in [1.54, 1.807) is 43.8 Å². The second kappa shape index (κ2) is 7.46. The molecular formula is C17H13BrN2O3S. The van der Waals surface area contributed by atoms with Crippen LogP contribution in [-0.4, -0.2) is 18.0 Å². The minimum absolute atomic E-state index is 0.276. The highest BCUT2D eigenvalue weighted by atomic mass is 79.9. The second-order valence-corrected chi connectivity index (χ2v) is 7.14. The highest BCUT2D eigenvalue weighted by Gasteiger charge is 2.15. The molecule has 0 aliphatic rings. The van der Waals surface area contributed by atoms with Gasteiger partial charge in [-0.15, -0.1) is 0 Å². The number of ether oxygens (including phenoxy) is 1. The number of rotatable bonds is 5. The van der Waals surface area contributed by atoms with E-state index in [1.165, 1.54) is 11.3 Å². The maximum Gasteiger partial charge on any atom is 0.258 e. The third kappa shape index (κ3) is 3.93. The van der Waals surface area contributed by atoms with E-state index in [2.05, 4.69) is 26.2 Å². The molecule has 3 aromatic rings. The number of furan rings is 1. The topological polar surface area (TPSA) is 64.4 Å². The Balaban J connectivity index is 1.96. The third-order valence-corrected chi connectivity index (χ3v) is 4.54. The zero-order valence-electron chi connectivity index (χ0n) is 12.7. The number of nitrogens with zero attached hydrogens (tertiary/aromatic N) is 1. The first-order chi connectivity index (χ1) is 11.7. The number of nitrogens with one attached hydrogen (secondary N) is 1. The molecule has 3 rings (SSSR count). The van der Waals surface area contributed by atoms with Crippen LogP contribution in [0.4, 0.5) is 5.13 Å². The molecule has 5 nitrogen and oxygen atoms in total. The molecule has 0 atom stereocenters. The van der Waals surface area contributed by atoms with Gasteiger partial charge >= 0.3 is 0 Å². The van der Waals surface area contributed by atoms with E-state index >= 15 is 0 Å². The number of methoxy groups -OCH3 is 1. The summed E-state index contributed by atoms with van der Waals surface area (Å²) in [5.74, 6) is 0.979. The highest BCUT2D eigenvalue weighted by Crippen LogP contribution is 2.27. The van der Waals surface area contributed by atoms with E-state index in [-0.39, 0.29) is 5.91 Å². The van der Waals surface area contributed by atoms with Crippen molar-refractivity contribution in [3.05, 3.63) is 64.0 Å². The van der Waals surface area contributed by atoms with Gasteiger partial charge in [-0.2, -0.15) is 0 Å². The van der Waals surface area contributed by atoms with Gasteiger partial charge in [0, 0.05) is 0 Å². The Bertz CT molecular complexity index is 872. The van der Waals surface area contributed by atoms with Crippen molar-refractivity contribution in [3.63, 3.8) is 0 Å². The molecule has 24 heavy (non-hydrogen) atoms.